The van der Waals surface area contributed by atoms with Crippen LogP contribution in [0.2, 0.25) is 0 Å². The lowest BCUT2D eigenvalue weighted by molar-refractivity contribution is -0.0613. The Bertz CT molecular complexity index is 1060. The van der Waals surface area contributed by atoms with Crippen molar-refractivity contribution in [2.75, 3.05) is 6.61 Å². The van der Waals surface area contributed by atoms with Gasteiger partial charge in [0.2, 0.25) is 0 Å². The number of allylic oxidation sites excluding steroid dienone is 1. The minimum atomic E-state index is -0.534. The zero-order valence-electron chi connectivity index (χ0n) is 25.9. The van der Waals surface area contributed by atoms with Gasteiger partial charge in [0.05, 0.1) is 0 Å². The van der Waals surface area contributed by atoms with Gasteiger partial charge in [0.1, 0.15) is 12.7 Å². The molecule has 3 saturated carbocycles. The van der Waals surface area contributed by atoms with Crippen LogP contribution in [0.3, 0.4) is 0 Å². The molecule has 3 nitrogen and oxygen atoms in total. The van der Waals surface area contributed by atoms with Gasteiger partial charge < -0.3 is 9.47 Å². The van der Waals surface area contributed by atoms with E-state index in [4.69, 9.17) is 9.47 Å². The molecule has 0 bridgehead atoms. The van der Waals surface area contributed by atoms with Crippen LogP contribution in [0.5, 0.6) is 0 Å². The molecule has 0 radical (unpaired) electrons. The number of carbonyl (C=O) groups excluding carboxylic acids is 1. The number of benzene rings is 1. The van der Waals surface area contributed by atoms with Crippen molar-refractivity contribution < 1.29 is 14.3 Å². The van der Waals surface area contributed by atoms with Gasteiger partial charge in [0.15, 0.2) is 0 Å². The first-order valence-electron chi connectivity index (χ1n) is 16.4. The molecule has 3 heteroatoms. The van der Waals surface area contributed by atoms with Crippen LogP contribution in [0.4, 0.5) is 4.79 Å². The lowest BCUT2D eigenvalue weighted by atomic mass is 9.47. The molecular formula is C37H54O3. The Morgan fingerprint density at radius 1 is 1.00 bits per heavy atom. The Labute approximate surface area is 244 Å². The van der Waals surface area contributed by atoms with Gasteiger partial charge in [-0.2, -0.15) is 0 Å². The number of rotatable bonds is 9. The van der Waals surface area contributed by atoms with E-state index in [2.05, 4.69) is 40.7 Å². The smallest absolute Gasteiger partial charge is 0.431 e. The van der Waals surface area contributed by atoms with E-state index in [1.54, 1.807) is 5.57 Å². The Balaban J connectivity index is 1.16. The van der Waals surface area contributed by atoms with E-state index in [9.17, 15) is 4.79 Å². The largest absolute Gasteiger partial charge is 0.508 e. The molecule has 1 aromatic rings. The number of hydrogen-bond acceptors (Lipinski definition) is 3. The van der Waals surface area contributed by atoms with Gasteiger partial charge in [-0.15, -0.1) is 0 Å². The molecule has 4 aliphatic carbocycles. The van der Waals surface area contributed by atoms with Gasteiger partial charge in [0.25, 0.3) is 0 Å². The van der Waals surface area contributed by atoms with Crippen molar-refractivity contribution in [1.82, 2.24) is 0 Å². The highest BCUT2D eigenvalue weighted by atomic mass is 16.7. The summed E-state index contributed by atoms with van der Waals surface area (Å²) in [6.07, 6.45) is 19.9. The van der Waals surface area contributed by atoms with Crippen molar-refractivity contribution in [1.29, 1.82) is 0 Å². The minimum Gasteiger partial charge on any atom is -0.431 e. The maximum absolute atomic E-state index is 12.4. The first kappa shape index (κ1) is 29.5. The summed E-state index contributed by atoms with van der Waals surface area (Å²) in [7, 11) is 0. The molecule has 0 saturated heterocycles. The van der Waals surface area contributed by atoms with Crippen LogP contribution in [-0.2, 0) is 9.47 Å². The lowest BCUT2D eigenvalue weighted by Gasteiger charge is -2.58. The van der Waals surface area contributed by atoms with Crippen LogP contribution >= 0.6 is 0 Å². The molecule has 4 aliphatic rings. The van der Waals surface area contributed by atoms with Crippen molar-refractivity contribution >= 4 is 12.2 Å². The van der Waals surface area contributed by atoms with Gasteiger partial charge in [-0.3, -0.25) is 0 Å². The first-order valence-corrected chi connectivity index (χ1v) is 16.4. The fraction of sp³-hybridized carbons (Fsp3) is 0.703. The molecule has 0 aromatic heterocycles. The van der Waals surface area contributed by atoms with Crippen LogP contribution in [0, 0.1) is 46.3 Å². The third kappa shape index (κ3) is 6.09. The Hall–Kier alpha value is -2.03. The summed E-state index contributed by atoms with van der Waals surface area (Å²) >= 11 is 0. The summed E-state index contributed by atoms with van der Waals surface area (Å²) < 4.78 is 11.2. The molecule has 0 spiro atoms. The molecule has 0 amide bonds. The van der Waals surface area contributed by atoms with Gasteiger partial charge in [0, 0.05) is 6.42 Å². The molecule has 40 heavy (non-hydrogen) atoms. The Morgan fingerprint density at radius 3 is 2.58 bits per heavy atom. The van der Waals surface area contributed by atoms with E-state index >= 15 is 0 Å². The monoisotopic (exact) mass is 546 g/mol. The fourth-order valence-corrected chi connectivity index (χ4v) is 9.79. The normalized spacial score (nSPS) is 36.0. The van der Waals surface area contributed by atoms with E-state index < -0.39 is 6.16 Å². The highest BCUT2D eigenvalue weighted by molar-refractivity contribution is 5.60. The zero-order chi connectivity index (χ0) is 28.3. The lowest BCUT2D eigenvalue weighted by Crippen LogP contribution is -2.51. The van der Waals surface area contributed by atoms with Crippen LogP contribution in [0.15, 0.2) is 48.1 Å². The fourth-order valence-electron chi connectivity index (χ4n) is 9.79. The highest BCUT2D eigenvalue weighted by Crippen LogP contribution is 2.67. The van der Waals surface area contributed by atoms with Crippen LogP contribution in [0.1, 0.15) is 111 Å². The Kier molecular flexibility index (Phi) is 9.17. The van der Waals surface area contributed by atoms with Crippen LogP contribution < -0.4 is 0 Å². The quantitative estimate of drug-likeness (QED) is 0.228. The summed E-state index contributed by atoms with van der Waals surface area (Å²) in [4.78, 5) is 12.4. The number of carbonyl (C=O) groups is 1. The first-order chi connectivity index (χ1) is 19.2. The molecule has 1 aromatic carbocycles. The maximum atomic E-state index is 12.4. The predicted molar refractivity (Wildman–Crippen MR) is 165 cm³/mol. The van der Waals surface area contributed by atoms with Crippen molar-refractivity contribution in [2.24, 2.45) is 46.3 Å². The molecule has 220 valence electrons. The van der Waals surface area contributed by atoms with E-state index in [0.29, 0.717) is 5.41 Å². The average Bonchev–Trinajstić information content (AvgIpc) is 3.29. The third-order valence-corrected chi connectivity index (χ3v) is 11.9. The van der Waals surface area contributed by atoms with E-state index in [0.717, 1.165) is 60.3 Å². The molecule has 8 unspecified atom stereocenters. The molecule has 0 N–H and O–H groups in total. The summed E-state index contributed by atoms with van der Waals surface area (Å²) in [5.74, 6) is 5.09. The number of hydrogen-bond donors (Lipinski definition) is 0. The summed E-state index contributed by atoms with van der Waals surface area (Å²) in [6.45, 7) is 12.8. The van der Waals surface area contributed by atoms with E-state index in [1.165, 1.54) is 51.4 Å². The second-order valence-electron chi connectivity index (χ2n) is 14.6. The van der Waals surface area contributed by atoms with Gasteiger partial charge >= 0.3 is 6.16 Å². The van der Waals surface area contributed by atoms with Crippen molar-refractivity contribution in [3.05, 3.63) is 53.6 Å². The second-order valence-corrected chi connectivity index (χ2v) is 14.6. The van der Waals surface area contributed by atoms with Gasteiger partial charge in [-0.05, 0) is 103 Å². The topological polar surface area (TPSA) is 35.5 Å². The van der Waals surface area contributed by atoms with Crippen LogP contribution in [0.25, 0.3) is 6.08 Å². The molecule has 0 aliphatic heterocycles. The Morgan fingerprint density at radius 2 is 1.80 bits per heavy atom. The standard InChI is InChI=1S/C37H54O3/c1-26(2)11-9-12-27(3)32-18-19-33-31-17-16-29-25-30(20-22-36(29,4)34(31)21-23-37(32,33)5)40-35(38)39-24-10-15-28-13-7-6-8-14-28/h6-8,10,13-16,26-27,30-34H,9,11-12,17-25H2,1-5H3. The highest BCUT2D eigenvalue weighted by Gasteiger charge is 2.59. The summed E-state index contributed by atoms with van der Waals surface area (Å²) in [5.41, 5.74) is 3.45. The maximum Gasteiger partial charge on any atom is 0.508 e. The molecule has 0 heterocycles. The van der Waals surface area contributed by atoms with Crippen molar-refractivity contribution in [3.63, 3.8) is 0 Å². The summed E-state index contributed by atoms with van der Waals surface area (Å²) in [6, 6.07) is 10.1. The SMILES string of the molecule is CC(C)CCCC(C)C1CCC2C3CC=C4CC(OC(=O)OCC=Cc5ccccc5)CCC4(C)C3CCC12C. The van der Waals surface area contributed by atoms with Gasteiger partial charge in [-0.1, -0.05) is 102 Å². The molecule has 8 atom stereocenters. The second kappa shape index (κ2) is 12.5. The molecule has 5 rings (SSSR count). The minimum absolute atomic E-state index is 0.0575. The number of ether oxygens (including phenoxy) is 2. The van der Waals surface area contributed by atoms with E-state index in [-0.39, 0.29) is 18.1 Å². The zero-order valence-corrected chi connectivity index (χ0v) is 25.9. The third-order valence-electron chi connectivity index (χ3n) is 11.9. The molecule has 3 fully saturated rings. The van der Waals surface area contributed by atoms with Crippen molar-refractivity contribution in [3.8, 4) is 0 Å². The predicted octanol–water partition coefficient (Wildman–Crippen LogP) is 10.3. The number of fused-ring (bicyclic) bond motifs is 5. The van der Waals surface area contributed by atoms with E-state index in [1.807, 2.05) is 42.5 Å². The molecular weight excluding hydrogens is 492 g/mol. The van der Waals surface area contributed by atoms with Crippen LogP contribution in [-0.4, -0.2) is 18.9 Å². The van der Waals surface area contributed by atoms with Crippen molar-refractivity contribution in [2.45, 2.75) is 111 Å². The average molecular weight is 547 g/mol. The summed E-state index contributed by atoms with van der Waals surface area (Å²) in [5, 5.41) is 0. The van der Waals surface area contributed by atoms with Gasteiger partial charge in [-0.25, -0.2) is 4.79 Å².